The molecule has 0 radical (unpaired) electrons. The zero-order valence-electron chi connectivity index (χ0n) is 19.6. The lowest BCUT2D eigenvalue weighted by molar-refractivity contribution is -0.384. The predicted octanol–water partition coefficient (Wildman–Crippen LogP) is 4.80. The second kappa shape index (κ2) is 11.9. The summed E-state index contributed by atoms with van der Waals surface area (Å²) in [4.78, 5) is 47.7. The van der Waals surface area contributed by atoms with Gasteiger partial charge in [0.05, 0.1) is 22.3 Å². The molecule has 0 atom stereocenters. The van der Waals surface area contributed by atoms with Gasteiger partial charge in [-0.1, -0.05) is 36.4 Å². The largest absolute Gasteiger partial charge is 0.423 e. The molecule has 4 aromatic carbocycles. The first-order valence-electron chi connectivity index (χ1n) is 11.2. The first-order valence-corrected chi connectivity index (χ1v) is 11.2. The summed E-state index contributed by atoms with van der Waals surface area (Å²) in [6.07, 6.45) is 1.25. The maximum atomic E-state index is 12.7. The van der Waals surface area contributed by atoms with Crippen molar-refractivity contribution in [2.24, 2.45) is 5.10 Å². The van der Waals surface area contributed by atoms with Gasteiger partial charge in [-0.2, -0.15) is 5.10 Å². The van der Waals surface area contributed by atoms with Crippen LogP contribution in [0.3, 0.4) is 0 Å². The molecule has 0 heterocycles. The van der Waals surface area contributed by atoms with Crippen LogP contribution in [-0.4, -0.2) is 29.0 Å². The van der Waals surface area contributed by atoms with E-state index in [4.69, 9.17) is 9.47 Å². The lowest BCUT2D eigenvalue weighted by Crippen LogP contribution is -2.17. The third-order valence-corrected chi connectivity index (χ3v) is 5.13. The van der Waals surface area contributed by atoms with Crippen molar-refractivity contribution < 1.29 is 28.8 Å². The van der Waals surface area contributed by atoms with Crippen molar-refractivity contribution in [2.45, 2.75) is 0 Å². The van der Waals surface area contributed by atoms with E-state index in [-0.39, 0.29) is 22.7 Å². The lowest BCUT2D eigenvalue weighted by Gasteiger charge is -2.10. The smallest absolute Gasteiger partial charge is 0.343 e. The van der Waals surface area contributed by atoms with Gasteiger partial charge in [-0.3, -0.25) is 14.9 Å². The van der Waals surface area contributed by atoms with Gasteiger partial charge in [0.15, 0.2) is 0 Å². The number of rotatable bonds is 8. The van der Waals surface area contributed by atoms with E-state index in [1.807, 2.05) is 0 Å². The number of nitro groups is 1. The molecule has 0 aliphatic heterocycles. The number of amides is 1. The number of ether oxygens (including phenoxy) is 2. The van der Waals surface area contributed by atoms with Crippen LogP contribution < -0.4 is 14.9 Å². The molecule has 1 amide bonds. The van der Waals surface area contributed by atoms with E-state index in [1.54, 1.807) is 60.7 Å². The average molecular weight is 509 g/mol. The van der Waals surface area contributed by atoms with Gasteiger partial charge < -0.3 is 9.47 Å². The average Bonchev–Trinajstić information content (AvgIpc) is 2.95. The molecule has 0 saturated heterocycles. The SMILES string of the molecule is O=C(N/N=C/c1ccc(OC(=O)c2ccccc2)cc1OC(=O)c1ccccc1)c1ccc([N+](=O)[O-])cc1. The number of non-ortho nitro benzene ring substituents is 1. The van der Waals surface area contributed by atoms with Crippen LogP contribution in [0.1, 0.15) is 36.6 Å². The Labute approximate surface area is 216 Å². The molecule has 0 aromatic heterocycles. The van der Waals surface area contributed by atoms with Crippen molar-refractivity contribution in [1.82, 2.24) is 5.43 Å². The number of benzene rings is 4. The van der Waals surface area contributed by atoms with Crippen LogP contribution in [0.5, 0.6) is 11.5 Å². The van der Waals surface area contributed by atoms with Gasteiger partial charge in [0.25, 0.3) is 11.6 Å². The molecule has 4 rings (SSSR count). The highest BCUT2D eigenvalue weighted by molar-refractivity contribution is 5.96. The van der Waals surface area contributed by atoms with E-state index in [0.29, 0.717) is 16.7 Å². The monoisotopic (exact) mass is 509 g/mol. The summed E-state index contributed by atoms with van der Waals surface area (Å²) in [6.45, 7) is 0. The van der Waals surface area contributed by atoms with Gasteiger partial charge in [0.1, 0.15) is 11.5 Å². The fraction of sp³-hybridized carbons (Fsp3) is 0. The second-order valence-electron chi connectivity index (χ2n) is 7.71. The number of hydrazone groups is 1. The summed E-state index contributed by atoms with van der Waals surface area (Å²) in [5, 5.41) is 14.7. The minimum atomic E-state index is -0.651. The molecule has 0 fully saturated rings. The van der Waals surface area contributed by atoms with Crippen LogP contribution in [0.15, 0.2) is 108 Å². The number of hydrogen-bond acceptors (Lipinski definition) is 8. The summed E-state index contributed by atoms with van der Waals surface area (Å²) < 4.78 is 11.0. The number of nitrogens with one attached hydrogen (secondary N) is 1. The molecule has 0 aliphatic rings. The Kier molecular flexibility index (Phi) is 7.95. The van der Waals surface area contributed by atoms with E-state index in [1.165, 1.54) is 48.7 Å². The summed E-state index contributed by atoms with van der Waals surface area (Å²) >= 11 is 0. The minimum absolute atomic E-state index is 0.0329. The molecule has 188 valence electrons. The van der Waals surface area contributed by atoms with Crippen molar-refractivity contribution in [3.05, 3.63) is 135 Å². The van der Waals surface area contributed by atoms with Crippen molar-refractivity contribution >= 4 is 29.7 Å². The molecular formula is C28H19N3O7. The molecule has 10 nitrogen and oxygen atoms in total. The topological polar surface area (TPSA) is 137 Å². The first-order chi connectivity index (χ1) is 18.4. The molecule has 10 heteroatoms. The van der Waals surface area contributed by atoms with Crippen molar-refractivity contribution in [3.63, 3.8) is 0 Å². The minimum Gasteiger partial charge on any atom is -0.423 e. The molecule has 0 unspecified atom stereocenters. The van der Waals surface area contributed by atoms with Crippen LogP contribution in [0.2, 0.25) is 0 Å². The summed E-state index contributed by atoms with van der Waals surface area (Å²) in [5.74, 6) is -1.69. The summed E-state index contributed by atoms with van der Waals surface area (Å²) in [6, 6.07) is 26.0. The van der Waals surface area contributed by atoms with Crippen LogP contribution in [0.4, 0.5) is 5.69 Å². The third-order valence-electron chi connectivity index (χ3n) is 5.13. The number of nitrogens with zero attached hydrogens (tertiary/aromatic N) is 2. The van der Waals surface area contributed by atoms with Crippen LogP contribution in [0.25, 0.3) is 0 Å². The standard InChI is InChI=1S/C28H19N3O7/c32-26(19-11-14-23(15-12-19)31(35)36)30-29-18-22-13-16-24(37-27(33)20-7-3-1-4-8-20)17-25(22)38-28(34)21-9-5-2-6-10-21/h1-18H,(H,30,32)/b29-18+. The molecule has 0 bridgehead atoms. The maximum absolute atomic E-state index is 12.7. The number of carbonyl (C=O) groups is 3. The Morgan fingerprint density at radius 1 is 0.737 bits per heavy atom. The van der Waals surface area contributed by atoms with E-state index in [2.05, 4.69) is 10.5 Å². The highest BCUT2D eigenvalue weighted by Gasteiger charge is 2.15. The first kappa shape index (κ1) is 25.5. The molecule has 4 aromatic rings. The van der Waals surface area contributed by atoms with Crippen molar-refractivity contribution in [3.8, 4) is 11.5 Å². The van der Waals surface area contributed by atoms with E-state index in [0.717, 1.165) is 0 Å². The van der Waals surface area contributed by atoms with E-state index < -0.39 is 22.8 Å². The van der Waals surface area contributed by atoms with E-state index >= 15 is 0 Å². The number of esters is 2. The van der Waals surface area contributed by atoms with Crippen LogP contribution in [0, 0.1) is 10.1 Å². The fourth-order valence-corrected chi connectivity index (χ4v) is 3.21. The third kappa shape index (κ3) is 6.52. The molecule has 0 aliphatic carbocycles. The van der Waals surface area contributed by atoms with Gasteiger partial charge in [-0.25, -0.2) is 15.0 Å². The van der Waals surface area contributed by atoms with Gasteiger partial charge in [-0.05, 0) is 48.5 Å². The molecule has 38 heavy (non-hydrogen) atoms. The van der Waals surface area contributed by atoms with Gasteiger partial charge in [0, 0.05) is 29.3 Å². The Morgan fingerprint density at radius 2 is 1.32 bits per heavy atom. The number of carbonyl (C=O) groups excluding carboxylic acids is 3. The molecular weight excluding hydrogens is 490 g/mol. The highest BCUT2D eigenvalue weighted by atomic mass is 16.6. The predicted molar refractivity (Wildman–Crippen MR) is 137 cm³/mol. The molecule has 1 N–H and O–H groups in total. The van der Waals surface area contributed by atoms with Crippen molar-refractivity contribution in [2.75, 3.05) is 0 Å². The normalized spacial score (nSPS) is 10.5. The molecule has 0 saturated carbocycles. The molecule has 0 spiro atoms. The highest BCUT2D eigenvalue weighted by Crippen LogP contribution is 2.26. The van der Waals surface area contributed by atoms with Crippen LogP contribution in [-0.2, 0) is 0 Å². The number of nitro benzene ring substituents is 1. The summed E-state index contributed by atoms with van der Waals surface area (Å²) in [5.41, 5.74) is 3.27. The van der Waals surface area contributed by atoms with Gasteiger partial charge in [-0.15, -0.1) is 0 Å². The summed E-state index contributed by atoms with van der Waals surface area (Å²) in [7, 11) is 0. The number of hydrogen-bond donors (Lipinski definition) is 1. The Morgan fingerprint density at radius 3 is 1.89 bits per heavy atom. The Hall–Kier alpha value is -5.64. The van der Waals surface area contributed by atoms with Gasteiger partial charge in [0.2, 0.25) is 0 Å². The van der Waals surface area contributed by atoms with E-state index in [9.17, 15) is 24.5 Å². The zero-order valence-corrected chi connectivity index (χ0v) is 19.6. The van der Waals surface area contributed by atoms with Gasteiger partial charge >= 0.3 is 11.9 Å². The maximum Gasteiger partial charge on any atom is 0.343 e. The lowest BCUT2D eigenvalue weighted by atomic mass is 10.2. The second-order valence-corrected chi connectivity index (χ2v) is 7.71. The quantitative estimate of drug-likeness (QED) is 0.118. The Balaban J connectivity index is 1.54. The Bertz CT molecular complexity index is 1500. The zero-order chi connectivity index (χ0) is 26.9. The van der Waals surface area contributed by atoms with Crippen molar-refractivity contribution in [1.29, 1.82) is 0 Å². The fourth-order valence-electron chi connectivity index (χ4n) is 3.21. The van der Waals surface area contributed by atoms with Crippen LogP contribution >= 0.6 is 0 Å².